The van der Waals surface area contributed by atoms with E-state index in [4.69, 9.17) is 0 Å². The molecule has 0 aliphatic heterocycles. The van der Waals surface area contributed by atoms with Gasteiger partial charge in [0.05, 0.1) is 10.6 Å². The Morgan fingerprint density at radius 2 is 1.66 bits per heavy atom. The van der Waals surface area contributed by atoms with Crippen molar-refractivity contribution in [1.82, 2.24) is 9.97 Å². The summed E-state index contributed by atoms with van der Waals surface area (Å²) in [4.78, 5) is 19.1. The van der Waals surface area contributed by atoms with E-state index in [0.717, 1.165) is 16.8 Å². The molecule has 1 heterocycles. The standard InChI is InChI=1S/C22H16N4O3/c27-21-10-9-17(14-20(21)26(28)29)19-11-12-23-22(25-19)24-18-8-4-7-16(13-18)15-5-2-1-3-6-15/h1-14,27H,(H,23,24,25). The number of nitrogens with one attached hydrogen (secondary N) is 1. The van der Waals surface area contributed by atoms with Crippen LogP contribution in [-0.2, 0) is 0 Å². The van der Waals surface area contributed by atoms with Gasteiger partial charge in [-0.2, -0.15) is 0 Å². The molecule has 0 aliphatic rings. The number of hydrogen-bond donors (Lipinski definition) is 2. The molecule has 3 aromatic carbocycles. The number of anilines is 2. The lowest BCUT2D eigenvalue weighted by Gasteiger charge is -2.09. The van der Waals surface area contributed by atoms with E-state index in [1.54, 1.807) is 18.3 Å². The molecule has 142 valence electrons. The maximum atomic E-state index is 11.1. The maximum absolute atomic E-state index is 11.1. The highest BCUT2D eigenvalue weighted by Crippen LogP contribution is 2.31. The minimum atomic E-state index is -0.631. The van der Waals surface area contributed by atoms with E-state index < -0.39 is 4.92 Å². The van der Waals surface area contributed by atoms with E-state index in [2.05, 4.69) is 15.3 Å². The summed E-state index contributed by atoms with van der Waals surface area (Å²) in [5.74, 6) is -0.0210. The van der Waals surface area contributed by atoms with Gasteiger partial charge in [-0.15, -0.1) is 0 Å². The van der Waals surface area contributed by atoms with E-state index in [1.165, 1.54) is 12.1 Å². The summed E-state index contributed by atoms with van der Waals surface area (Å²) in [5.41, 5.74) is 3.62. The third-order valence-corrected chi connectivity index (χ3v) is 4.35. The van der Waals surface area contributed by atoms with Crippen molar-refractivity contribution in [1.29, 1.82) is 0 Å². The van der Waals surface area contributed by atoms with Crippen LogP contribution >= 0.6 is 0 Å². The summed E-state index contributed by atoms with van der Waals surface area (Å²) >= 11 is 0. The van der Waals surface area contributed by atoms with Gasteiger partial charge >= 0.3 is 5.69 Å². The van der Waals surface area contributed by atoms with Gasteiger partial charge < -0.3 is 10.4 Å². The summed E-state index contributed by atoms with van der Waals surface area (Å²) in [6.45, 7) is 0. The Labute approximate surface area is 166 Å². The number of aromatic nitrogens is 2. The quantitative estimate of drug-likeness (QED) is 0.364. The first-order valence-electron chi connectivity index (χ1n) is 8.83. The third-order valence-electron chi connectivity index (χ3n) is 4.35. The van der Waals surface area contributed by atoms with Gasteiger partial charge in [-0.3, -0.25) is 10.1 Å². The van der Waals surface area contributed by atoms with Crippen molar-refractivity contribution in [3.8, 4) is 28.1 Å². The zero-order valence-corrected chi connectivity index (χ0v) is 15.2. The number of phenols is 1. The van der Waals surface area contributed by atoms with Gasteiger partial charge in [0.15, 0.2) is 5.75 Å². The fraction of sp³-hybridized carbons (Fsp3) is 0. The van der Waals surface area contributed by atoms with Crippen LogP contribution in [0.3, 0.4) is 0 Å². The highest BCUT2D eigenvalue weighted by atomic mass is 16.6. The van der Waals surface area contributed by atoms with Crippen molar-refractivity contribution in [3.63, 3.8) is 0 Å². The average molecular weight is 384 g/mol. The molecule has 0 saturated heterocycles. The van der Waals surface area contributed by atoms with Gasteiger partial charge in [0, 0.05) is 23.5 Å². The number of rotatable bonds is 5. The number of nitro groups is 1. The molecule has 0 aliphatic carbocycles. The second-order valence-corrected chi connectivity index (χ2v) is 6.30. The largest absolute Gasteiger partial charge is 0.502 e. The van der Waals surface area contributed by atoms with Crippen LogP contribution in [0.15, 0.2) is 85.1 Å². The molecule has 4 aromatic rings. The second-order valence-electron chi connectivity index (χ2n) is 6.30. The van der Waals surface area contributed by atoms with Crippen molar-refractivity contribution in [2.24, 2.45) is 0 Å². The molecule has 0 saturated carbocycles. The van der Waals surface area contributed by atoms with Gasteiger partial charge in [0.1, 0.15) is 0 Å². The van der Waals surface area contributed by atoms with Crippen molar-refractivity contribution in [3.05, 3.63) is 95.2 Å². The zero-order valence-electron chi connectivity index (χ0n) is 15.2. The van der Waals surface area contributed by atoms with Gasteiger partial charge in [-0.05, 0) is 41.5 Å². The highest BCUT2D eigenvalue weighted by molar-refractivity contribution is 5.70. The minimum Gasteiger partial charge on any atom is -0.502 e. The molecule has 2 N–H and O–H groups in total. The van der Waals surface area contributed by atoms with Crippen LogP contribution in [0.25, 0.3) is 22.4 Å². The normalized spacial score (nSPS) is 10.5. The Bertz CT molecular complexity index is 1180. The molecular formula is C22H16N4O3. The Kier molecular flexibility index (Phi) is 4.86. The van der Waals surface area contributed by atoms with Crippen molar-refractivity contribution in [2.75, 3.05) is 5.32 Å². The average Bonchev–Trinajstić information content (AvgIpc) is 2.75. The lowest BCUT2D eigenvalue weighted by Crippen LogP contribution is -1.98. The second kappa shape index (κ2) is 7.77. The number of nitrogens with zero attached hydrogens (tertiary/aromatic N) is 3. The molecular weight excluding hydrogens is 368 g/mol. The molecule has 0 unspecified atom stereocenters. The van der Waals surface area contributed by atoms with Crippen molar-refractivity contribution < 1.29 is 10.0 Å². The third kappa shape index (κ3) is 4.03. The fourth-order valence-corrected chi connectivity index (χ4v) is 2.94. The summed E-state index contributed by atoms with van der Waals surface area (Å²) < 4.78 is 0. The van der Waals surface area contributed by atoms with Gasteiger partial charge in [-0.1, -0.05) is 42.5 Å². The van der Waals surface area contributed by atoms with Gasteiger partial charge in [0.2, 0.25) is 5.95 Å². The van der Waals surface area contributed by atoms with Crippen LogP contribution in [0, 0.1) is 10.1 Å². The van der Waals surface area contributed by atoms with Crippen LogP contribution in [-0.4, -0.2) is 20.0 Å². The summed E-state index contributed by atoms with van der Waals surface area (Å²) in [7, 11) is 0. The SMILES string of the molecule is O=[N+]([O-])c1cc(-c2ccnc(Nc3cccc(-c4ccccc4)c3)n2)ccc1O. The molecule has 0 radical (unpaired) electrons. The van der Waals surface area contributed by atoms with Crippen molar-refractivity contribution in [2.45, 2.75) is 0 Å². The summed E-state index contributed by atoms with van der Waals surface area (Å²) in [6.07, 6.45) is 1.57. The highest BCUT2D eigenvalue weighted by Gasteiger charge is 2.15. The number of hydrogen-bond acceptors (Lipinski definition) is 6. The predicted octanol–water partition coefficient (Wildman–Crippen LogP) is 5.17. The van der Waals surface area contributed by atoms with E-state index in [0.29, 0.717) is 17.2 Å². The Hall–Kier alpha value is -4.26. The predicted molar refractivity (Wildman–Crippen MR) is 111 cm³/mol. The summed E-state index contributed by atoms with van der Waals surface area (Å²) in [5, 5.41) is 23.9. The molecule has 0 atom stereocenters. The lowest BCUT2D eigenvalue weighted by molar-refractivity contribution is -0.385. The van der Waals surface area contributed by atoms with Crippen LogP contribution in [0.1, 0.15) is 0 Å². The molecule has 7 nitrogen and oxygen atoms in total. The summed E-state index contributed by atoms with van der Waals surface area (Å²) in [6, 6.07) is 23.7. The monoisotopic (exact) mass is 384 g/mol. The van der Waals surface area contributed by atoms with E-state index in [1.807, 2.05) is 54.6 Å². The van der Waals surface area contributed by atoms with Gasteiger partial charge in [0.25, 0.3) is 0 Å². The first-order chi connectivity index (χ1) is 14.1. The molecule has 0 fully saturated rings. The van der Waals surface area contributed by atoms with Crippen LogP contribution < -0.4 is 5.32 Å². The van der Waals surface area contributed by atoms with E-state index in [9.17, 15) is 15.2 Å². The maximum Gasteiger partial charge on any atom is 0.311 e. The first kappa shape index (κ1) is 18.1. The molecule has 0 spiro atoms. The lowest BCUT2D eigenvalue weighted by atomic mass is 10.1. The topological polar surface area (TPSA) is 101 Å². The Morgan fingerprint density at radius 3 is 2.45 bits per heavy atom. The molecule has 29 heavy (non-hydrogen) atoms. The minimum absolute atomic E-state index is 0.364. The van der Waals surface area contributed by atoms with Crippen LogP contribution in [0.4, 0.5) is 17.3 Å². The zero-order chi connectivity index (χ0) is 20.2. The van der Waals surface area contributed by atoms with Gasteiger partial charge in [-0.25, -0.2) is 9.97 Å². The fourth-order valence-electron chi connectivity index (χ4n) is 2.94. The molecule has 7 heteroatoms. The smallest absolute Gasteiger partial charge is 0.311 e. The molecule has 0 amide bonds. The Morgan fingerprint density at radius 1 is 0.862 bits per heavy atom. The first-order valence-corrected chi connectivity index (χ1v) is 8.83. The Balaban J connectivity index is 1.62. The number of aromatic hydroxyl groups is 1. The number of benzene rings is 3. The van der Waals surface area contributed by atoms with Crippen LogP contribution in [0.2, 0.25) is 0 Å². The number of nitro benzene ring substituents is 1. The van der Waals surface area contributed by atoms with Crippen LogP contribution in [0.5, 0.6) is 5.75 Å². The molecule has 1 aromatic heterocycles. The number of phenolic OH excluding ortho intramolecular Hbond substituents is 1. The van der Waals surface area contributed by atoms with E-state index >= 15 is 0 Å². The van der Waals surface area contributed by atoms with E-state index in [-0.39, 0.29) is 11.4 Å². The van der Waals surface area contributed by atoms with Crippen molar-refractivity contribution >= 4 is 17.3 Å². The molecule has 4 rings (SSSR count). The molecule has 0 bridgehead atoms.